The second kappa shape index (κ2) is 11.4. The van der Waals surface area contributed by atoms with Crippen LogP contribution in [0.1, 0.15) is 18.1 Å². The van der Waals surface area contributed by atoms with E-state index in [1.165, 1.54) is 11.8 Å². The highest BCUT2D eigenvalue weighted by Gasteiger charge is 2.24. The Morgan fingerprint density at radius 2 is 1.80 bits per heavy atom. The summed E-state index contributed by atoms with van der Waals surface area (Å²) in [6.07, 6.45) is 1.77. The topological polar surface area (TPSA) is 89.0 Å². The first-order valence-corrected chi connectivity index (χ1v) is 11.9. The van der Waals surface area contributed by atoms with Crippen molar-refractivity contribution in [1.29, 1.82) is 0 Å². The smallest absolute Gasteiger partial charge is 0.264 e. The normalized spacial score (nSPS) is 15.2. The van der Waals surface area contributed by atoms with Gasteiger partial charge in [-0.3, -0.25) is 9.59 Å². The number of thioether (sulfide) groups is 1. The van der Waals surface area contributed by atoms with Crippen molar-refractivity contribution >= 4 is 46.2 Å². The van der Waals surface area contributed by atoms with Crippen molar-refractivity contribution in [3.63, 3.8) is 0 Å². The summed E-state index contributed by atoms with van der Waals surface area (Å²) in [5.41, 5.74) is 3.39. The molecule has 0 bridgehead atoms. The number of amidine groups is 1. The van der Waals surface area contributed by atoms with Crippen LogP contribution < -0.4 is 20.1 Å². The summed E-state index contributed by atoms with van der Waals surface area (Å²) in [5.74, 6) is 0.453. The second-order valence-corrected chi connectivity index (χ2v) is 8.69. The van der Waals surface area contributed by atoms with Crippen molar-refractivity contribution < 1.29 is 19.1 Å². The maximum atomic E-state index is 12.5. The highest BCUT2D eigenvalue weighted by molar-refractivity contribution is 8.18. The summed E-state index contributed by atoms with van der Waals surface area (Å²) in [4.78, 5) is 29.7. The van der Waals surface area contributed by atoms with Gasteiger partial charge in [0.2, 0.25) is 0 Å². The Bertz CT molecular complexity index is 1270. The number of nitrogens with one attached hydrogen (secondary N) is 2. The number of hydrogen-bond acceptors (Lipinski definition) is 6. The number of hydrogen-bond donors (Lipinski definition) is 2. The van der Waals surface area contributed by atoms with E-state index in [0.717, 1.165) is 16.8 Å². The maximum absolute atomic E-state index is 12.5. The molecule has 0 spiro atoms. The van der Waals surface area contributed by atoms with Gasteiger partial charge in [0.15, 0.2) is 23.3 Å². The van der Waals surface area contributed by atoms with Crippen molar-refractivity contribution in [2.24, 2.45) is 4.99 Å². The van der Waals surface area contributed by atoms with Gasteiger partial charge in [-0.25, -0.2) is 4.99 Å². The van der Waals surface area contributed by atoms with Crippen LogP contribution >= 0.6 is 11.8 Å². The third-order valence-electron chi connectivity index (χ3n) is 4.90. The maximum Gasteiger partial charge on any atom is 0.264 e. The summed E-state index contributed by atoms with van der Waals surface area (Å²) in [6, 6.07) is 22.3. The Morgan fingerprint density at radius 1 is 1.03 bits per heavy atom. The minimum Gasteiger partial charge on any atom is -0.490 e. The fourth-order valence-corrected chi connectivity index (χ4v) is 4.07. The van der Waals surface area contributed by atoms with Crippen LogP contribution in [0.3, 0.4) is 0 Å². The summed E-state index contributed by atoms with van der Waals surface area (Å²) in [6.45, 7) is 4.14. The lowest BCUT2D eigenvalue weighted by atomic mass is 10.2. The number of nitrogens with zero attached hydrogens (tertiary/aromatic N) is 1. The molecule has 178 valence electrons. The summed E-state index contributed by atoms with van der Waals surface area (Å²) >= 11 is 1.28. The Balaban J connectivity index is 1.44. The molecule has 0 aromatic heterocycles. The number of ether oxygens (including phenoxy) is 2. The lowest BCUT2D eigenvalue weighted by Crippen LogP contribution is -2.20. The number of rotatable bonds is 8. The number of benzene rings is 3. The van der Waals surface area contributed by atoms with Gasteiger partial charge in [-0.15, -0.1) is 0 Å². The molecule has 0 aliphatic carbocycles. The van der Waals surface area contributed by atoms with E-state index in [-0.39, 0.29) is 18.4 Å². The number of amides is 2. The molecule has 2 amide bonds. The standard InChI is InChI=1S/C27H25N3O4S/c1-3-33-23-15-19(11-14-22(23)34-17-25(31)28-20-7-5-4-6-8-20)16-24-26(32)30-27(35-24)29-21-12-9-18(2)10-13-21/h4-16H,3,17H2,1-2H3,(H,28,31)(H,29,30,32). The molecule has 35 heavy (non-hydrogen) atoms. The first kappa shape index (κ1) is 24.1. The molecule has 8 heteroatoms. The van der Waals surface area contributed by atoms with Crippen LogP contribution in [0.25, 0.3) is 6.08 Å². The van der Waals surface area contributed by atoms with E-state index < -0.39 is 0 Å². The van der Waals surface area contributed by atoms with Crippen LogP contribution in [0.4, 0.5) is 11.4 Å². The highest BCUT2D eigenvalue weighted by atomic mass is 32.2. The zero-order valence-corrected chi connectivity index (χ0v) is 20.2. The fraction of sp³-hybridized carbons (Fsp3) is 0.148. The Kier molecular flexibility index (Phi) is 7.84. The van der Waals surface area contributed by atoms with E-state index in [0.29, 0.717) is 33.9 Å². The van der Waals surface area contributed by atoms with Crippen LogP contribution in [0, 0.1) is 6.92 Å². The van der Waals surface area contributed by atoms with Crippen LogP contribution in [0.15, 0.2) is 82.7 Å². The minimum absolute atomic E-state index is 0.160. The predicted molar refractivity (Wildman–Crippen MR) is 140 cm³/mol. The molecule has 1 saturated heterocycles. The average molecular weight is 488 g/mol. The third-order valence-corrected chi connectivity index (χ3v) is 5.81. The number of aryl methyl sites for hydroxylation is 1. The van der Waals surface area contributed by atoms with Gasteiger partial charge in [0.05, 0.1) is 17.2 Å². The van der Waals surface area contributed by atoms with E-state index in [2.05, 4.69) is 15.6 Å². The molecule has 3 aromatic carbocycles. The molecule has 4 rings (SSSR count). The quantitative estimate of drug-likeness (QED) is 0.421. The van der Waals surface area contributed by atoms with E-state index in [1.54, 1.807) is 30.3 Å². The molecule has 0 atom stereocenters. The average Bonchev–Trinajstić information content (AvgIpc) is 3.19. The van der Waals surface area contributed by atoms with Gasteiger partial charge in [-0.2, -0.15) is 0 Å². The van der Waals surface area contributed by atoms with Crippen molar-refractivity contribution in [1.82, 2.24) is 5.32 Å². The summed E-state index contributed by atoms with van der Waals surface area (Å²) < 4.78 is 11.4. The minimum atomic E-state index is -0.274. The molecule has 0 unspecified atom stereocenters. The second-order valence-electron chi connectivity index (χ2n) is 7.66. The van der Waals surface area contributed by atoms with E-state index in [1.807, 2.05) is 62.4 Å². The number of carbonyl (C=O) groups is 2. The first-order chi connectivity index (χ1) is 17.0. The molecule has 1 heterocycles. The first-order valence-electron chi connectivity index (χ1n) is 11.1. The van der Waals surface area contributed by atoms with Gasteiger partial charge in [0, 0.05) is 5.69 Å². The van der Waals surface area contributed by atoms with Gasteiger partial charge in [-0.05, 0) is 73.6 Å². The van der Waals surface area contributed by atoms with Gasteiger partial charge >= 0.3 is 0 Å². The molecular formula is C27H25N3O4S. The van der Waals surface area contributed by atoms with Gasteiger partial charge < -0.3 is 20.1 Å². The van der Waals surface area contributed by atoms with Crippen molar-refractivity contribution in [3.05, 3.63) is 88.8 Å². The number of para-hydroxylation sites is 1. The van der Waals surface area contributed by atoms with E-state index >= 15 is 0 Å². The zero-order valence-electron chi connectivity index (χ0n) is 19.4. The molecule has 1 aliphatic heterocycles. The van der Waals surface area contributed by atoms with Crippen molar-refractivity contribution in [3.8, 4) is 11.5 Å². The van der Waals surface area contributed by atoms with Gasteiger partial charge in [0.25, 0.3) is 11.8 Å². The molecule has 7 nitrogen and oxygen atoms in total. The SMILES string of the molecule is CCOc1cc(C=C2SC(=Nc3ccc(C)cc3)NC2=O)ccc1OCC(=O)Nc1ccccc1. The van der Waals surface area contributed by atoms with Crippen molar-refractivity contribution in [2.45, 2.75) is 13.8 Å². The van der Waals surface area contributed by atoms with Crippen LogP contribution in [0.5, 0.6) is 11.5 Å². The van der Waals surface area contributed by atoms with Crippen LogP contribution in [0.2, 0.25) is 0 Å². The number of anilines is 1. The van der Waals surface area contributed by atoms with Gasteiger partial charge in [0.1, 0.15) is 0 Å². The number of carbonyl (C=O) groups excluding carboxylic acids is 2. The lowest BCUT2D eigenvalue weighted by Gasteiger charge is -2.13. The Labute approximate surface area is 208 Å². The fourth-order valence-electron chi connectivity index (χ4n) is 3.23. The Morgan fingerprint density at radius 3 is 2.54 bits per heavy atom. The van der Waals surface area contributed by atoms with Crippen LogP contribution in [-0.4, -0.2) is 30.2 Å². The number of aliphatic imine (C=N–C) groups is 1. The Hall–Kier alpha value is -4.04. The predicted octanol–water partition coefficient (Wildman–Crippen LogP) is 5.30. The van der Waals surface area contributed by atoms with Crippen LogP contribution in [-0.2, 0) is 9.59 Å². The summed E-state index contributed by atoms with van der Waals surface area (Å²) in [5, 5.41) is 6.10. The van der Waals surface area contributed by atoms with E-state index in [9.17, 15) is 9.59 Å². The highest BCUT2D eigenvalue weighted by Crippen LogP contribution is 2.32. The molecule has 1 aliphatic rings. The van der Waals surface area contributed by atoms with Crippen molar-refractivity contribution in [2.75, 3.05) is 18.5 Å². The molecule has 3 aromatic rings. The zero-order chi connectivity index (χ0) is 24.6. The molecule has 2 N–H and O–H groups in total. The van der Waals surface area contributed by atoms with Gasteiger partial charge in [-0.1, -0.05) is 42.0 Å². The largest absolute Gasteiger partial charge is 0.490 e. The molecule has 1 fully saturated rings. The lowest BCUT2D eigenvalue weighted by molar-refractivity contribution is -0.118. The third kappa shape index (κ3) is 6.74. The molecular weight excluding hydrogens is 462 g/mol. The molecule has 0 radical (unpaired) electrons. The van der Waals surface area contributed by atoms with E-state index in [4.69, 9.17) is 9.47 Å². The summed E-state index contributed by atoms with van der Waals surface area (Å²) in [7, 11) is 0. The monoisotopic (exact) mass is 487 g/mol. The molecule has 0 saturated carbocycles.